The zero-order valence-corrected chi connectivity index (χ0v) is 12.1. The van der Waals surface area contributed by atoms with Crippen LogP contribution in [0.25, 0.3) is 0 Å². The molecule has 1 unspecified atom stereocenters. The average Bonchev–Trinajstić information content (AvgIpc) is 2.14. The van der Waals surface area contributed by atoms with Crippen LogP contribution in [-0.4, -0.2) is 26.3 Å². The Morgan fingerprint density at radius 1 is 1.67 bits per heavy atom. The van der Waals surface area contributed by atoms with Crippen molar-refractivity contribution >= 4 is 16.0 Å². The van der Waals surface area contributed by atoms with Crippen molar-refractivity contribution in [2.24, 2.45) is 0 Å². The van der Waals surface area contributed by atoms with Gasteiger partial charge in [0.15, 0.2) is 5.37 Å². The fourth-order valence-electron chi connectivity index (χ4n) is 0.633. The molecule has 15 heavy (non-hydrogen) atoms. The molecule has 0 rings (SSSR count). The molecule has 0 radical (unpaired) electrons. The molecule has 0 aliphatic heterocycles. The van der Waals surface area contributed by atoms with E-state index >= 15 is 0 Å². The summed E-state index contributed by atoms with van der Waals surface area (Å²) in [5.41, 5.74) is 0. The first-order valence-corrected chi connectivity index (χ1v) is 5.72. The molecule has 5 nitrogen and oxygen atoms in total. The third-order valence-corrected chi connectivity index (χ3v) is 2.89. The van der Waals surface area contributed by atoms with Crippen molar-refractivity contribution in [2.75, 3.05) is 6.61 Å². The van der Waals surface area contributed by atoms with Gasteiger partial charge in [0.05, 0.1) is 6.61 Å². The van der Waals surface area contributed by atoms with Crippen molar-refractivity contribution in [3.8, 4) is 0 Å². The summed E-state index contributed by atoms with van der Waals surface area (Å²) in [5, 5.41) is 1.15. The van der Waals surface area contributed by atoms with Crippen LogP contribution in [0.4, 0.5) is 0 Å². The summed E-state index contributed by atoms with van der Waals surface area (Å²) in [5.74, 6) is -0.541. The molecule has 0 aliphatic rings. The van der Waals surface area contributed by atoms with E-state index in [0.717, 1.165) is 6.08 Å². The van der Waals surface area contributed by atoms with E-state index in [0.29, 0.717) is 6.42 Å². The van der Waals surface area contributed by atoms with Crippen LogP contribution in [0, 0.1) is 0 Å². The van der Waals surface area contributed by atoms with Gasteiger partial charge in [0.2, 0.25) is 5.91 Å². The number of carbonyl (C=O) groups excluding carboxylic acids is 1. The van der Waals surface area contributed by atoms with E-state index in [1.807, 2.05) is 0 Å². The molecule has 1 N–H and O–H groups in total. The molecule has 84 valence electrons. The third-order valence-electron chi connectivity index (χ3n) is 1.42. The minimum absolute atomic E-state index is 0. The van der Waals surface area contributed by atoms with Gasteiger partial charge in [-0.3, -0.25) is 8.98 Å². The quantitative estimate of drug-likeness (QED) is 0.319. The summed E-state index contributed by atoms with van der Waals surface area (Å²) in [4.78, 5) is 10.8. The normalized spacial score (nSPS) is 12.4. The Bertz CT molecular complexity index is 307. The van der Waals surface area contributed by atoms with E-state index in [4.69, 9.17) is 0 Å². The van der Waals surface area contributed by atoms with Crippen LogP contribution < -0.4 is 34.9 Å². The number of carbonyl (C=O) groups is 1. The van der Waals surface area contributed by atoms with E-state index < -0.39 is 21.4 Å². The summed E-state index contributed by atoms with van der Waals surface area (Å²) < 4.78 is 27.1. The fraction of sp³-hybridized carbons (Fsp3) is 0.625. The largest absolute Gasteiger partial charge is 1.00 e. The predicted octanol–water partition coefficient (Wildman–Crippen LogP) is -2.49. The number of rotatable bonds is 6. The van der Waals surface area contributed by atoms with Gasteiger partial charge in [-0.2, -0.15) is 8.42 Å². The number of hydrogen-bond acceptors (Lipinski definition) is 4. The van der Waals surface area contributed by atoms with Crippen LogP contribution in [-0.2, 0) is 19.1 Å². The zero-order chi connectivity index (χ0) is 11.2. The van der Waals surface area contributed by atoms with Crippen LogP contribution in [0.2, 0.25) is 0 Å². The Hall–Kier alpha value is 0.120. The molecule has 0 aliphatic carbocycles. The van der Waals surface area contributed by atoms with Gasteiger partial charge in [-0.15, -0.1) is 0 Å². The molecule has 0 heterocycles. The van der Waals surface area contributed by atoms with E-state index in [9.17, 15) is 13.2 Å². The molecule has 1 atom stereocenters. The Morgan fingerprint density at radius 3 is 2.60 bits per heavy atom. The molecule has 0 saturated heterocycles. The van der Waals surface area contributed by atoms with Gasteiger partial charge in [-0.05, 0) is 19.4 Å². The predicted molar refractivity (Wildman–Crippen MR) is 54.1 cm³/mol. The Kier molecular flexibility index (Phi) is 9.68. The van der Waals surface area contributed by atoms with Crippen molar-refractivity contribution in [1.82, 2.24) is 5.32 Å². The second-order valence-electron chi connectivity index (χ2n) is 2.67. The van der Waals surface area contributed by atoms with Gasteiger partial charge in [0.1, 0.15) is 0 Å². The van der Waals surface area contributed by atoms with Crippen molar-refractivity contribution < 1.29 is 48.4 Å². The van der Waals surface area contributed by atoms with Gasteiger partial charge < -0.3 is 6.74 Å². The molecule has 0 spiro atoms. The zero-order valence-electron chi connectivity index (χ0n) is 10.3. The minimum atomic E-state index is -3.71. The van der Waals surface area contributed by atoms with Crippen LogP contribution in [0.3, 0.4) is 0 Å². The summed E-state index contributed by atoms with van der Waals surface area (Å²) in [6.45, 7) is 6.47. The molecular weight excluding hydrogens is 229 g/mol. The third kappa shape index (κ3) is 7.08. The number of nitrogens with one attached hydrogen (secondary N) is 1. The van der Waals surface area contributed by atoms with Crippen molar-refractivity contribution in [2.45, 2.75) is 25.6 Å². The van der Waals surface area contributed by atoms with Crippen molar-refractivity contribution in [1.29, 1.82) is 0 Å². The van der Waals surface area contributed by atoms with E-state index in [1.54, 1.807) is 6.92 Å². The molecular formula is C8H16NNaO4S. The average molecular weight is 245 g/mol. The van der Waals surface area contributed by atoms with E-state index in [1.165, 1.54) is 6.92 Å². The summed E-state index contributed by atoms with van der Waals surface area (Å²) in [6.07, 6.45) is 1.60. The van der Waals surface area contributed by atoms with E-state index in [-0.39, 0.29) is 37.6 Å². The van der Waals surface area contributed by atoms with E-state index in [2.05, 4.69) is 16.1 Å². The van der Waals surface area contributed by atoms with Gasteiger partial charge in [0, 0.05) is 0 Å². The van der Waals surface area contributed by atoms with Crippen LogP contribution in [0.15, 0.2) is 12.7 Å². The molecule has 0 saturated carbocycles. The Morgan fingerprint density at radius 2 is 2.20 bits per heavy atom. The Balaban J connectivity index is -0.000000845. The van der Waals surface area contributed by atoms with Crippen molar-refractivity contribution in [3.63, 3.8) is 0 Å². The van der Waals surface area contributed by atoms with Crippen LogP contribution >= 0.6 is 0 Å². The first-order chi connectivity index (χ1) is 6.44. The van der Waals surface area contributed by atoms with Gasteiger partial charge in [-0.25, -0.2) is 0 Å². The van der Waals surface area contributed by atoms with Gasteiger partial charge in [-0.1, -0.05) is 13.5 Å². The molecule has 0 bridgehead atoms. The summed E-state index contributed by atoms with van der Waals surface area (Å²) >= 11 is 0. The topological polar surface area (TPSA) is 72.5 Å². The maximum atomic E-state index is 11.3. The van der Waals surface area contributed by atoms with Crippen molar-refractivity contribution in [3.05, 3.63) is 12.7 Å². The molecule has 0 fully saturated rings. The summed E-state index contributed by atoms with van der Waals surface area (Å²) in [6, 6.07) is 0. The Labute approximate surface area is 114 Å². The maximum absolute atomic E-state index is 11.3. The molecule has 0 aromatic heterocycles. The first-order valence-electron chi connectivity index (χ1n) is 4.25. The smallest absolute Gasteiger partial charge is 1.00 e. The van der Waals surface area contributed by atoms with Crippen LogP contribution in [0.5, 0.6) is 0 Å². The minimum Gasteiger partial charge on any atom is -1.00 e. The number of amides is 1. The monoisotopic (exact) mass is 245 g/mol. The maximum Gasteiger partial charge on any atom is 1.00 e. The molecule has 0 aromatic carbocycles. The van der Waals surface area contributed by atoms with Crippen LogP contribution in [0.1, 0.15) is 21.7 Å². The second kappa shape index (κ2) is 8.29. The molecule has 0 aromatic rings. The SMILES string of the molecule is C=CC(=O)NC(C)S(=O)(=O)OCCC.[H-].[Na+]. The second-order valence-corrected chi connectivity index (χ2v) is 4.60. The molecule has 7 heteroatoms. The van der Waals surface area contributed by atoms with Gasteiger partial charge >= 0.3 is 29.6 Å². The summed E-state index contributed by atoms with van der Waals surface area (Å²) in [7, 11) is -3.71. The standard InChI is InChI=1S/C8H15NO4S.Na.H/c1-4-6-13-14(11,12)7(3)9-8(10)5-2;;/h5,7H,2,4,6H2,1,3H3,(H,9,10);;/q;+1;-1. The van der Waals surface area contributed by atoms with Gasteiger partial charge in [0.25, 0.3) is 10.1 Å². The number of hydrogen-bond donors (Lipinski definition) is 1. The fourth-order valence-corrected chi connectivity index (χ4v) is 1.50. The first kappa shape index (κ1) is 17.5. The molecule has 1 amide bonds.